The van der Waals surface area contributed by atoms with Crippen molar-refractivity contribution in [2.24, 2.45) is 5.41 Å². The summed E-state index contributed by atoms with van der Waals surface area (Å²) in [5.41, 5.74) is 3.40. The zero-order chi connectivity index (χ0) is 14.6. The Morgan fingerprint density at radius 2 is 1.95 bits per heavy atom. The summed E-state index contributed by atoms with van der Waals surface area (Å²) in [6.45, 7) is 9.42. The Morgan fingerprint density at radius 3 is 2.70 bits per heavy atom. The van der Waals surface area contributed by atoms with Gasteiger partial charge in [-0.3, -0.25) is 0 Å². The molecule has 1 aliphatic carbocycles. The first kappa shape index (κ1) is 15.6. The van der Waals surface area contributed by atoms with Crippen LogP contribution >= 0.6 is 0 Å². The van der Waals surface area contributed by atoms with Crippen LogP contribution in [0.3, 0.4) is 0 Å². The molecule has 0 saturated heterocycles. The van der Waals surface area contributed by atoms with Gasteiger partial charge in [0.25, 0.3) is 0 Å². The lowest BCUT2D eigenvalue weighted by Gasteiger charge is -2.31. The quantitative estimate of drug-likeness (QED) is 0.668. The predicted octanol–water partition coefficient (Wildman–Crippen LogP) is 5.26. The number of unbranched alkanes of at least 4 members (excludes halogenated alkanes) is 3. The minimum absolute atomic E-state index is 0.335. The van der Waals surface area contributed by atoms with E-state index in [2.05, 4.69) is 57.3 Å². The van der Waals surface area contributed by atoms with Crippen molar-refractivity contribution >= 4 is 0 Å². The highest BCUT2D eigenvalue weighted by Crippen LogP contribution is 2.45. The molecule has 20 heavy (non-hydrogen) atoms. The van der Waals surface area contributed by atoms with E-state index in [0.29, 0.717) is 17.5 Å². The third-order valence-electron chi connectivity index (χ3n) is 4.74. The summed E-state index contributed by atoms with van der Waals surface area (Å²) in [5, 5.41) is 3.90. The maximum absolute atomic E-state index is 3.90. The number of benzene rings is 1. The molecule has 2 atom stereocenters. The van der Waals surface area contributed by atoms with E-state index < -0.39 is 0 Å². The smallest absolute Gasteiger partial charge is 0.0379 e. The van der Waals surface area contributed by atoms with E-state index in [9.17, 15) is 0 Å². The molecule has 2 rings (SSSR count). The maximum Gasteiger partial charge on any atom is 0.0379 e. The van der Waals surface area contributed by atoms with Crippen LogP contribution < -0.4 is 5.32 Å². The Balaban J connectivity index is 1.94. The Bertz CT molecular complexity index is 422. The van der Waals surface area contributed by atoms with E-state index in [1.54, 1.807) is 0 Å². The lowest BCUT2D eigenvalue weighted by atomic mass is 9.85. The topological polar surface area (TPSA) is 12.0 Å². The fourth-order valence-corrected chi connectivity index (χ4v) is 3.55. The van der Waals surface area contributed by atoms with E-state index in [-0.39, 0.29) is 0 Å². The van der Waals surface area contributed by atoms with Crippen molar-refractivity contribution < 1.29 is 0 Å². The van der Waals surface area contributed by atoms with Gasteiger partial charge in [-0.25, -0.2) is 0 Å². The molecule has 0 amide bonds. The van der Waals surface area contributed by atoms with E-state index >= 15 is 0 Å². The zero-order valence-corrected chi connectivity index (χ0v) is 13.7. The molecule has 1 aromatic rings. The molecule has 0 aromatic heterocycles. The van der Waals surface area contributed by atoms with Crippen LogP contribution in [0.1, 0.15) is 77.0 Å². The van der Waals surface area contributed by atoms with Crippen molar-refractivity contribution in [1.82, 2.24) is 5.32 Å². The van der Waals surface area contributed by atoms with Crippen molar-refractivity contribution in [3.8, 4) is 0 Å². The number of fused-ring (bicyclic) bond motifs is 1. The fourth-order valence-electron chi connectivity index (χ4n) is 3.55. The third kappa shape index (κ3) is 3.63. The maximum atomic E-state index is 3.90. The van der Waals surface area contributed by atoms with Crippen LogP contribution in [-0.2, 0) is 6.42 Å². The van der Waals surface area contributed by atoms with Crippen LogP contribution in [0.4, 0.5) is 0 Å². The van der Waals surface area contributed by atoms with Gasteiger partial charge >= 0.3 is 0 Å². The molecule has 1 heteroatoms. The average Bonchev–Trinajstić information content (AvgIpc) is 2.66. The van der Waals surface area contributed by atoms with Gasteiger partial charge in [0.2, 0.25) is 0 Å². The second kappa shape index (κ2) is 6.76. The van der Waals surface area contributed by atoms with Crippen molar-refractivity contribution in [3.63, 3.8) is 0 Å². The first-order valence-corrected chi connectivity index (χ1v) is 8.38. The summed E-state index contributed by atoms with van der Waals surface area (Å²) in [6, 6.07) is 10.1. The number of hydrogen-bond acceptors (Lipinski definition) is 1. The van der Waals surface area contributed by atoms with Gasteiger partial charge in [0.15, 0.2) is 0 Å². The molecule has 1 N–H and O–H groups in total. The lowest BCUT2D eigenvalue weighted by Crippen LogP contribution is -2.37. The SMILES string of the molecule is CCCCCCC(C)NC1c2ccccc2CC1(C)C. The van der Waals surface area contributed by atoms with Gasteiger partial charge in [-0.05, 0) is 36.3 Å². The largest absolute Gasteiger partial charge is 0.307 e. The lowest BCUT2D eigenvalue weighted by molar-refractivity contribution is 0.246. The highest BCUT2D eigenvalue weighted by molar-refractivity contribution is 5.37. The van der Waals surface area contributed by atoms with Gasteiger partial charge in [-0.2, -0.15) is 0 Å². The van der Waals surface area contributed by atoms with Crippen LogP contribution in [0.5, 0.6) is 0 Å². The zero-order valence-electron chi connectivity index (χ0n) is 13.7. The Morgan fingerprint density at radius 1 is 1.20 bits per heavy atom. The van der Waals surface area contributed by atoms with Gasteiger partial charge in [-0.15, -0.1) is 0 Å². The number of hydrogen-bond donors (Lipinski definition) is 1. The molecule has 0 aliphatic heterocycles. The number of nitrogens with one attached hydrogen (secondary N) is 1. The molecule has 0 bridgehead atoms. The molecule has 2 unspecified atom stereocenters. The standard InChI is InChI=1S/C19H31N/c1-5-6-7-8-11-15(2)20-18-17-13-10-9-12-16(17)14-19(18,3)4/h9-10,12-13,15,18,20H,5-8,11,14H2,1-4H3. The van der Waals surface area contributed by atoms with Crippen LogP contribution in [-0.4, -0.2) is 6.04 Å². The van der Waals surface area contributed by atoms with Gasteiger partial charge in [0.1, 0.15) is 0 Å². The van der Waals surface area contributed by atoms with Crippen LogP contribution in [0.15, 0.2) is 24.3 Å². The van der Waals surface area contributed by atoms with Gasteiger partial charge in [0, 0.05) is 12.1 Å². The third-order valence-corrected chi connectivity index (χ3v) is 4.74. The van der Waals surface area contributed by atoms with E-state index in [1.165, 1.54) is 49.7 Å². The first-order chi connectivity index (χ1) is 9.54. The molecule has 112 valence electrons. The van der Waals surface area contributed by atoms with Crippen LogP contribution in [0, 0.1) is 5.41 Å². The molecule has 0 saturated carbocycles. The Hall–Kier alpha value is -0.820. The normalized spacial score (nSPS) is 21.7. The van der Waals surface area contributed by atoms with Crippen molar-refractivity contribution in [3.05, 3.63) is 35.4 Å². The molecule has 1 nitrogen and oxygen atoms in total. The van der Waals surface area contributed by atoms with E-state index in [4.69, 9.17) is 0 Å². The van der Waals surface area contributed by atoms with Crippen molar-refractivity contribution in [1.29, 1.82) is 0 Å². The molecule has 0 heterocycles. The molecule has 0 radical (unpaired) electrons. The highest BCUT2D eigenvalue weighted by Gasteiger charge is 2.38. The summed E-state index contributed by atoms with van der Waals surface area (Å²) < 4.78 is 0. The molecular formula is C19H31N. The second-order valence-electron chi connectivity index (χ2n) is 7.21. The predicted molar refractivity (Wildman–Crippen MR) is 88.0 cm³/mol. The van der Waals surface area contributed by atoms with Crippen molar-refractivity contribution in [2.45, 2.75) is 78.3 Å². The Labute approximate surface area is 125 Å². The summed E-state index contributed by atoms with van der Waals surface area (Å²) in [7, 11) is 0. The highest BCUT2D eigenvalue weighted by atomic mass is 15.0. The van der Waals surface area contributed by atoms with Crippen molar-refractivity contribution in [2.75, 3.05) is 0 Å². The van der Waals surface area contributed by atoms with Gasteiger partial charge in [0.05, 0.1) is 0 Å². The second-order valence-corrected chi connectivity index (χ2v) is 7.21. The average molecular weight is 273 g/mol. The minimum atomic E-state index is 0.335. The van der Waals surface area contributed by atoms with Gasteiger partial charge in [-0.1, -0.05) is 70.7 Å². The minimum Gasteiger partial charge on any atom is -0.307 e. The summed E-state index contributed by atoms with van der Waals surface area (Å²) >= 11 is 0. The van der Waals surface area contributed by atoms with Crippen LogP contribution in [0.2, 0.25) is 0 Å². The Kier molecular flexibility index (Phi) is 5.26. The van der Waals surface area contributed by atoms with Crippen LogP contribution in [0.25, 0.3) is 0 Å². The molecule has 1 aliphatic rings. The summed E-state index contributed by atoms with van der Waals surface area (Å²) in [4.78, 5) is 0. The summed E-state index contributed by atoms with van der Waals surface area (Å²) in [5.74, 6) is 0. The monoisotopic (exact) mass is 273 g/mol. The summed E-state index contributed by atoms with van der Waals surface area (Å²) in [6.07, 6.45) is 7.94. The molecule has 0 spiro atoms. The molecule has 1 aromatic carbocycles. The fraction of sp³-hybridized carbons (Fsp3) is 0.684. The van der Waals surface area contributed by atoms with E-state index in [1.807, 2.05) is 0 Å². The first-order valence-electron chi connectivity index (χ1n) is 8.38. The van der Waals surface area contributed by atoms with E-state index in [0.717, 1.165) is 0 Å². The number of rotatable bonds is 7. The molecular weight excluding hydrogens is 242 g/mol. The van der Waals surface area contributed by atoms with Gasteiger partial charge < -0.3 is 5.32 Å². The molecule has 0 fully saturated rings.